The van der Waals surface area contributed by atoms with Gasteiger partial charge in [0.2, 0.25) is 9.84 Å². The molecule has 7 nitrogen and oxygen atoms in total. The van der Waals surface area contributed by atoms with E-state index in [4.69, 9.17) is 5.11 Å². The minimum atomic E-state index is -3.91. The molecule has 0 aliphatic carbocycles. The van der Waals surface area contributed by atoms with Gasteiger partial charge < -0.3 is 5.11 Å². The predicted octanol–water partition coefficient (Wildman–Crippen LogP) is 0.737. The third-order valence-electron chi connectivity index (χ3n) is 2.32. The highest BCUT2D eigenvalue weighted by Gasteiger charge is 2.28. The van der Waals surface area contributed by atoms with Crippen molar-refractivity contribution in [1.82, 2.24) is 9.78 Å². The zero-order chi connectivity index (χ0) is 14.1. The molecule has 0 unspecified atom stereocenters. The van der Waals surface area contributed by atoms with Gasteiger partial charge in [0.25, 0.3) is 5.12 Å². The lowest BCUT2D eigenvalue weighted by Gasteiger charge is -2.09. The van der Waals surface area contributed by atoms with Crippen molar-refractivity contribution in [2.75, 3.05) is 5.75 Å². The van der Waals surface area contributed by atoms with E-state index in [1.807, 2.05) is 0 Å². The molecular weight excluding hydrogens is 260 g/mol. The molecule has 0 saturated carbocycles. The van der Waals surface area contributed by atoms with Crippen LogP contribution < -0.4 is 0 Å². The van der Waals surface area contributed by atoms with Crippen molar-refractivity contribution >= 4 is 20.9 Å². The normalized spacial score (nSPS) is 11.8. The number of rotatable bonds is 4. The summed E-state index contributed by atoms with van der Waals surface area (Å²) in [4.78, 5) is 22.6. The molecule has 0 aliphatic rings. The molecule has 0 spiro atoms. The first-order valence-electron chi connectivity index (χ1n) is 5.30. The van der Waals surface area contributed by atoms with Crippen LogP contribution in [-0.2, 0) is 9.84 Å². The Kier molecular flexibility index (Phi) is 3.90. The van der Waals surface area contributed by atoms with E-state index in [1.54, 1.807) is 13.8 Å². The summed E-state index contributed by atoms with van der Waals surface area (Å²) in [6, 6.07) is 0.668. The molecule has 0 radical (unpaired) electrons. The van der Waals surface area contributed by atoms with E-state index < -0.39 is 20.9 Å². The van der Waals surface area contributed by atoms with Crippen LogP contribution in [0.25, 0.3) is 0 Å². The van der Waals surface area contributed by atoms with Crippen LogP contribution in [-0.4, -0.2) is 40.1 Å². The van der Waals surface area contributed by atoms with Crippen molar-refractivity contribution in [2.45, 2.75) is 26.8 Å². The summed E-state index contributed by atoms with van der Waals surface area (Å²) in [5, 5.41) is 11.4. The molecule has 0 saturated heterocycles. The van der Waals surface area contributed by atoms with Crippen LogP contribution >= 0.6 is 0 Å². The van der Waals surface area contributed by atoms with E-state index in [9.17, 15) is 18.0 Å². The average Bonchev–Trinajstić information content (AvgIpc) is 2.72. The molecule has 0 fully saturated rings. The molecule has 100 valence electrons. The Morgan fingerprint density at radius 2 is 2.00 bits per heavy atom. The van der Waals surface area contributed by atoms with Crippen molar-refractivity contribution in [2.24, 2.45) is 0 Å². The lowest BCUT2D eigenvalue weighted by molar-refractivity contribution is 0.0689. The Bertz CT molecular complexity index is 585. The fraction of sp³-hybridized carbons (Fsp3) is 0.500. The van der Waals surface area contributed by atoms with E-state index >= 15 is 0 Å². The molecular formula is C10H14N2O5S. The van der Waals surface area contributed by atoms with Gasteiger partial charge in [-0.1, -0.05) is 6.92 Å². The van der Waals surface area contributed by atoms with Gasteiger partial charge in [-0.25, -0.2) is 13.2 Å². The lowest BCUT2D eigenvalue weighted by atomic mass is 10.3. The quantitative estimate of drug-likeness (QED) is 0.867. The number of aromatic carboxylic acids is 1. The molecule has 0 aromatic carbocycles. The third kappa shape index (κ3) is 2.58. The number of carboxylic acids is 1. The van der Waals surface area contributed by atoms with Crippen LogP contribution in [0.4, 0.5) is 0 Å². The molecule has 18 heavy (non-hydrogen) atoms. The third-order valence-corrected chi connectivity index (χ3v) is 3.85. The molecule has 0 aliphatic heterocycles. The summed E-state index contributed by atoms with van der Waals surface area (Å²) < 4.78 is 24.1. The van der Waals surface area contributed by atoms with Crippen molar-refractivity contribution in [3.05, 3.63) is 17.5 Å². The SMILES string of the molecule is CCS(=O)(=O)C(=O)c1cc(C(=O)O)nn1C(C)C. The van der Waals surface area contributed by atoms with Crippen LogP contribution in [0.15, 0.2) is 6.07 Å². The van der Waals surface area contributed by atoms with Gasteiger partial charge in [0, 0.05) is 12.1 Å². The summed E-state index contributed by atoms with van der Waals surface area (Å²) in [5.41, 5.74) is -0.567. The molecule has 1 aromatic rings. The number of carbonyl (C=O) groups is 2. The Labute approximate surface area is 104 Å². The Morgan fingerprint density at radius 1 is 1.44 bits per heavy atom. The second-order valence-corrected chi connectivity index (χ2v) is 6.13. The van der Waals surface area contributed by atoms with E-state index in [1.165, 1.54) is 6.92 Å². The van der Waals surface area contributed by atoms with Gasteiger partial charge in [0.1, 0.15) is 5.69 Å². The molecule has 1 rings (SSSR count). The number of carboxylic acid groups (broad SMARTS) is 1. The maximum absolute atomic E-state index is 11.8. The van der Waals surface area contributed by atoms with E-state index in [-0.39, 0.29) is 23.2 Å². The number of sulfone groups is 1. The fourth-order valence-electron chi connectivity index (χ4n) is 1.34. The average molecular weight is 274 g/mol. The van der Waals surface area contributed by atoms with Crippen LogP contribution in [0.1, 0.15) is 47.8 Å². The van der Waals surface area contributed by atoms with E-state index in [2.05, 4.69) is 5.10 Å². The number of aromatic nitrogens is 2. The van der Waals surface area contributed by atoms with Gasteiger partial charge in [-0.15, -0.1) is 0 Å². The van der Waals surface area contributed by atoms with Crippen LogP contribution in [0.5, 0.6) is 0 Å². The highest BCUT2D eigenvalue weighted by molar-refractivity contribution is 8.06. The van der Waals surface area contributed by atoms with E-state index in [0.717, 1.165) is 10.7 Å². The minimum absolute atomic E-state index is 0.218. The van der Waals surface area contributed by atoms with Gasteiger partial charge in [-0.3, -0.25) is 9.48 Å². The summed E-state index contributed by atoms with van der Waals surface area (Å²) in [5.74, 6) is -1.64. The minimum Gasteiger partial charge on any atom is -0.476 e. The standard InChI is InChI=1S/C10H14N2O5S/c1-4-18(16,17)10(15)8-5-7(9(13)14)11-12(8)6(2)3/h5-6H,4H2,1-3H3,(H,13,14). The predicted molar refractivity (Wildman–Crippen MR) is 63.4 cm³/mol. The number of hydrogen-bond donors (Lipinski definition) is 1. The number of hydrogen-bond acceptors (Lipinski definition) is 5. The van der Waals surface area contributed by atoms with Gasteiger partial charge in [0.05, 0.1) is 5.75 Å². The van der Waals surface area contributed by atoms with Crippen molar-refractivity contribution in [3.63, 3.8) is 0 Å². The topological polar surface area (TPSA) is 106 Å². The summed E-state index contributed by atoms with van der Waals surface area (Å²) in [6.45, 7) is 4.70. The first kappa shape index (κ1) is 14.4. The Balaban J connectivity index is 3.40. The number of nitrogens with zero attached hydrogens (tertiary/aromatic N) is 2. The molecule has 0 bridgehead atoms. The maximum atomic E-state index is 11.8. The van der Waals surface area contributed by atoms with Crippen LogP contribution in [0.2, 0.25) is 0 Å². The summed E-state index contributed by atoms with van der Waals surface area (Å²) in [6.07, 6.45) is 0. The Morgan fingerprint density at radius 3 is 2.39 bits per heavy atom. The monoisotopic (exact) mass is 274 g/mol. The first-order valence-corrected chi connectivity index (χ1v) is 6.95. The molecule has 1 N–H and O–H groups in total. The largest absolute Gasteiger partial charge is 0.476 e. The molecule has 8 heteroatoms. The second kappa shape index (κ2) is 4.89. The van der Waals surface area contributed by atoms with Gasteiger partial charge >= 0.3 is 5.97 Å². The lowest BCUT2D eigenvalue weighted by Crippen LogP contribution is -2.21. The van der Waals surface area contributed by atoms with Crippen molar-refractivity contribution in [3.8, 4) is 0 Å². The number of carbonyl (C=O) groups excluding carboxylic acids is 1. The smallest absolute Gasteiger partial charge is 0.356 e. The van der Waals surface area contributed by atoms with Crippen molar-refractivity contribution in [1.29, 1.82) is 0 Å². The maximum Gasteiger partial charge on any atom is 0.356 e. The fourth-order valence-corrected chi connectivity index (χ4v) is 2.07. The van der Waals surface area contributed by atoms with Gasteiger partial charge in [-0.2, -0.15) is 5.10 Å². The summed E-state index contributed by atoms with van der Waals surface area (Å²) >= 11 is 0. The van der Waals surface area contributed by atoms with Crippen molar-refractivity contribution < 1.29 is 23.1 Å². The highest BCUT2D eigenvalue weighted by Crippen LogP contribution is 2.15. The zero-order valence-corrected chi connectivity index (χ0v) is 11.1. The Hall–Kier alpha value is -1.70. The first-order chi connectivity index (χ1) is 8.20. The second-order valence-electron chi connectivity index (χ2n) is 3.95. The zero-order valence-electron chi connectivity index (χ0n) is 10.2. The van der Waals surface area contributed by atoms with Gasteiger partial charge in [-0.05, 0) is 13.8 Å². The van der Waals surface area contributed by atoms with Crippen LogP contribution in [0, 0.1) is 0 Å². The molecule has 0 atom stereocenters. The van der Waals surface area contributed by atoms with E-state index in [0.29, 0.717) is 0 Å². The molecule has 1 aromatic heterocycles. The molecule has 1 heterocycles. The summed E-state index contributed by atoms with van der Waals surface area (Å²) in [7, 11) is -3.91. The highest BCUT2D eigenvalue weighted by atomic mass is 32.2. The molecule has 0 amide bonds. The van der Waals surface area contributed by atoms with Gasteiger partial charge in [0.15, 0.2) is 5.69 Å². The van der Waals surface area contributed by atoms with Crippen LogP contribution in [0.3, 0.4) is 0 Å².